The maximum absolute atomic E-state index is 12.7. The summed E-state index contributed by atoms with van der Waals surface area (Å²) in [6.07, 6.45) is 4.73. The summed E-state index contributed by atoms with van der Waals surface area (Å²) in [4.78, 5) is 26.5. The quantitative estimate of drug-likeness (QED) is 0.746. The number of carbonyl (C=O) groups is 2. The highest BCUT2D eigenvalue weighted by atomic mass is 32.2. The SMILES string of the molecule is CCOC(=O)C1CCCCN1C(=O)C1(C)CCCS1. The summed E-state index contributed by atoms with van der Waals surface area (Å²) in [5.74, 6) is 0.940. The van der Waals surface area contributed by atoms with Crippen LogP contribution in [0.1, 0.15) is 46.0 Å². The fourth-order valence-corrected chi connectivity index (χ4v) is 4.18. The average molecular weight is 285 g/mol. The van der Waals surface area contributed by atoms with Gasteiger partial charge in [0.2, 0.25) is 5.91 Å². The van der Waals surface area contributed by atoms with Crippen molar-refractivity contribution in [1.29, 1.82) is 0 Å². The zero-order valence-electron chi connectivity index (χ0n) is 11.8. The Labute approximate surface area is 119 Å². The van der Waals surface area contributed by atoms with Gasteiger partial charge >= 0.3 is 5.97 Å². The molecule has 0 bridgehead atoms. The molecule has 0 aromatic carbocycles. The third-order valence-corrected chi connectivity index (χ3v) is 5.50. The number of hydrogen-bond acceptors (Lipinski definition) is 4. The lowest BCUT2D eigenvalue weighted by molar-refractivity contribution is -0.157. The molecule has 0 N–H and O–H groups in total. The first-order valence-electron chi connectivity index (χ1n) is 7.20. The van der Waals surface area contributed by atoms with Crippen molar-refractivity contribution in [3.8, 4) is 0 Å². The van der Waals surface area contributed by atoms with Gasteiger partial charge in [-0.1, -0.05) is 0 Å². The van der Waals surface area contributed by atoms with Gasteiger partial charge in [0.1, 0.15) is 6.04 Å². The molecule has 0 aliphatic carbocycles. The fourth-order valence-electron chi connectivity index (χ4n) is 2.91. The number of carbonyl (C=O) groups excluding carboxylic acids is 2. The average Bonchev–Trinajstić information content (AvgIpc) is 2.86. The third kappa shape index (κ3) is 3.07. The molecule has 0 spiro atoms. The van der Waals surface area contributed by atoms with E-state index in [1.54, 1.807) is 23.6 Å². The molecule has 19 heavy (non-hydrogen) atoms. The molecule has 1 amide bonds. The van der Waals surface area contributed by atoms with Crippen molar-refractivity contribution in [2.45, 2.75) is 56.7 Å². The maximum Gasteiger partial charge on any atom is 0.328 e. The minimum atomic E-state index is -0.362. The number of amides is 1. The summed E-state index contributed by atoms with van der Waals surface area (Å²) in [7, 11) is 0. The fraction of sp³-hybridized carbons (Fsp3) is 0.857. The van der Waals surface area contributed by atoms with E-state index >= 15 is 0 Å². The van der Waals surface area contributed by atoms with Crippen LogP contribution in [0.4, 0.5) is 0 Å². The summed E-state index contributed by atoms with van der Waals surface area (Å²) >= 11 is 1.73. The molecule has 2 fully saturated rings. The number of piperidine rings is 1. The minimum Gasteiger partial charge on any atom is -0.464 e. The van der Waals surface area contributed by atoms with E-state index in [-0.39, 0.29) is 22.7 Å². The van der Waals surface area contributed by atoms with Gasteiger partial charge in [0.15, 0.2) is 0 Å². The number of rotatable bonds is 3. The van der Waals surface area contributed by atoms with Crippen LogP contribution in [0, 0.1) is 0 Å². The molecule has 2 heterocycles. The second-order valence-electron chi connectivity index (χ2n) is 5.45. The third-order valence-electron chi connectivity index (χ3n) is 3.99. The van der Waals surface area contributed by atoms with Crippen molar-refractivity contribution in [1.82, 2.24) is 4.90 Å². The van der Waals surface area contributed by atoms with Gasteiger partial charge in [-0.3, -0.25) is 4.79 Å². The zero-order valence-corrected chi connectivity index (χ0v) is 12.6. The zero-order chi connectivity index (χ0) is 13.9. The van der Waals surface area contributed by atoms with Crippen molar-refractivity contribution < 1.29 is 14.3 Å². The van der Waals surface area contributed by atoms with Crippen LogP contribution in [0.5, 0.6) is 0 Å². The van der Waals surface area contributed by atoms with Crippen LogP contribution in [0.3, 0.4) is 0 Å². The van der Waals surface area contributed by atoms with E-state index in [4.69, 9.17) is 4.74 Å². The number of thioether (sulfide) groups is 1. The smallest absolute Gasteiger partial charge is 0.328 e. The molecular formula is C14H23NO3S. The Kier molecular flexibility index (Phi) is 4.76. The van der Waals surface area contributed by atoms with Crippen LogP contribution in [0.2, 0.25) is 0 Å². The Morgan fingerprint density at radius 1 is 1.37 bits per heavy atom. The van der Waals surface area contributed by atoms with Crippen LogP contribution in [-0.4, -0.2) is 46.5 Å². The van der Waals surface area contributed by atoms with E-state index in [0.717, 1.165) is 37.9 Å². The van der Waals surface area contributed by atoms with Gasteiger partial charge in [0.05, 0.1) is 11.4 Å². The summed E-state index contributed by atoms with van der Waals surface area (Å²) in [5, 5.41) is 0. The monoisotopic (exact) mass is 285 g/mol. The summed E-state index contributed by atoms with van der Waals surface area (Å²) in [6, 6.07) is -0.362. The van der Waals surface area contributed by atoms with Crippen LogP contribution in [0.15, 0.2) is 0 Å². The number of likely N-dealkylation sites (tertiary alicyclic amines) is 1. The number of ether oxygens (including phenoxy) is 1. The highest BCUT2D eigenvalue weighted by molar-refractivity contribution is 8.01. The molecule has 2 aliphatic rings. The van der Waals surface area contributed by atoms with E-state index in [1.165, 1.54) is 0 Å². The first-order valence-corrected chi connectivity index (χ1v) is 8.19. The van der Waals surface area contributed by atoms with Crippen molar-refractivity contribution in [3.05, 3.63) is 0 Å². The molecule has 2 aliphatic heterocycles. The van der Waals surface area contributed by atoms with Gasteiger partial charge in [0.25, 0.3) is 0 Å². The van der Waals surface area contributed by atoms with E-state index in [9.17, 15) is 9.59 Å². The van der Waals surface area contributed by atoms with Gasteiger partial charge in [-0.15, -0.1) is 11.8 Å². The standard InChI is InChI=1S/C14H23NO3S/c1-3-18-12(16)11-7-4-5-9-15(11)13(17)14(2)8-6-10-19-14/h11H,3-10H2,1-2H3. The van der Waals surface area contributed by atoms with Gasteiger partial charge < -0.3 is 9.64 Å². The molecule has 4 nitrogen and oxygen atoms in total. The van der Waals surface area contributed by atoms with E-state index in [0.29, 0.717) is 13.2 Å². The molecule has 108 valence electrons. The highest BCUT2D eigenvalue weighted by Crippen LogP contribution is 2.40. The number of esters is 1. The lowest BCUT2D eigenvalue weighted by Gasteiger charge is -2.38. The predicted octanol–water partition coefficient (Wildman–Crippen LogP) is 2.22. The second kappa shape index (κ2) is 6.16. The predicted molar refractivity (Wildman–Crippen MR) is 76.1 cm³/mol. The van der Waals surface area contributed by atoms with Crippen LogP contribution in [-0.2, 0) is 14.3 Å². The van der Waals surface area contributed by atoms with Crippen molar-refractivity contribution in [3.63, 3.8) is 0 Å². The molecule has 5 heteroatoms. The first kappa shape index (κ1) is 14.7. The van der Waals surface area contributed by atoms with E-state index in [1.807, 2.05) is 6.92 Å². The number of nitrogens with zero attached hydrogens (tertiary/aromatic N) is 1. The maximum atomic E-state index is 12.7. The Bertz CT molecular complexity index is 353. The van der Waals surface area contributed by atoms with Crippen LogP contribution in [0.25, 0.3) is 0 Å². The summed E-state index contributed by atoms with van der Waals surface area (Å²) in [6.45, 7) is 4.90. The molecule has 0 radical (unpaired) electrons. The molecule has 2 atom stereocenters. The van der Waals surface area contributed by atoms with Crippen LogP contribution < -0.4 is 0 Å². The lowest BCUT2D eigenvalue weighted by atomic mass is 9.97. The molecule has 0 aromatic heterocycles. The van der Waals surface area contributed by atoms with Crippen LogP contribution >= 0.6 is 11.8 Å². The van der Waals surface area contributed by atoms with Gasteiger partial charge in [-0.25, -0.2) is 4.79 Å². The molecule has 2 unspecified atom stereocenters. The topological polar surface area (TPSA) is 46.6 Å². The van der Waals surface area contributed by atoms with Crippen molar-refractivity contribution in [2.75, 3.05) is 18.9 Å². The van der Waals surface area contributed by atoms with Gasteiger partial charge in [0, 0.05) is 6.54 Å². The van der Waals surface area contributed by atoms with Crippen molar-refractivity contribution in [2.24, 2.45) is 0 Å². The Morgan fingerprint density at radius 2 is 2.16 bits per heavy atom. The Balaban J connectivity index is 2.10. The first-order chi connectivity index (χ1) is 9.08. The van der Waals surface area contributed by atoms with E-state index in [2.05, 4.69) is 0 Å². The van der Waals surface area contributed by atoms with E-state index < -0.39 is 0 Å². The summed E-state index contributed by atoms with van der Waals surface area (Å²) < 4.78 is 4.79. The van der Waals surface area contributed by atoms with Crippen molar-refractivity contribution >= 4 is 23.6 Å². The Morgan fingerprint density at radius 3 is 2.79 bits per heavy atom. The number of hydrogen-bond donors (Lipinski definition) is 0. The summed E-state index contributed by atoms with van der Waals surface area (Å²) in [5.41, 5.74) is 0. The minimum absolute atomic E-state index is 0.132. The Hall–Kier alpha value is -0.710. The van der Waals surface area contributed by atoms with Gasteiger partial charge in [-0.05, 0) is 51.7 Å². The molecular weight excluding hydrogens is 262 g/mol. The second-order valence-corrected chi connectivity index (χ2v) is 7.04. The molecule has 0 saturated carbocycles. The molecule has 0 aromatic rings. The molecule has 2 saturated heterocycles. The highest BCUT2D eigenvalue weighted by Gasteiger charge is 2.44. The molecule has 2 rings (SSSR count). The van der Waals surface area contributed by atoms with Gasteiger partial charge in [-0.2, -0.15) is 0 Å². The normalized spacial score (nSPS) is 31.3. The largest absolute Gasteiger partial charge is 0.464 e. The lowest BCUT2D eigenvalue weighted by Crippen LogP contribution is -2.54.